The predicted octanol–water partition coefficient (Wildman–Crippen LogP) is 3.42. The van der Waals surface area contributed by atoms with Crippen LogP contribution in [0.5, 0.6) is 5.75 Å². The average Bonchev–Trinajstić information content (AvgIpc) is 2.93. The molecule has 4 N–H and O–H groups in total. The molecule has 1 aliphatic rings. The molecule has 2 aromatic carbocycles. The number of para-hydroxylation sites is 1. The van der Waals surface area contributed by atoms with Crippen molar-refractivity contribution in [2.24, 2.45) is 5.92 Å². The van der Waals surface area contributed by atoms with E-state index in [-0.39, 0.29) is 30.9 Å². The van der Waals surface area contributed by atoms with Crippen molar-refractivity contribution < 1.29 is 27.9 Å². The Hall–Kier alpha value is -3.53. The van der Waals surface area contributed by atoms with Crippen molar-refractivity contribution in [2.75, 3.05) is 13.2 Å². The number of amides is 3. The summed E-state index contributed by atoms with van der Waals surface area (Å²) in [5.41, 5.74) is 1.41. The molecule has 1 aliphatic heterocycles. The van der Waals surface area contributed by atoms with Crippen LogP contribution in [0, 0.1) is 17.6 Å². The van der Waals surface area contributed by atoms with Crippen LogP contribution in [0.3, 0.4) is 0 Å². The molecule has 3 rings (SSSR count). The molecule has 0 saturated carbocycles. The van der Waals surface area contributed by atoms with Crippen molar-refractivity contribution in [3.8, 4) is 5.75 Å². The number of benzene rings is 2. The lowest BCUT2D eigenvalue weighted by Crippen LogP contribution is -2.59. The second-order valence-corrected chi connectivity index (χ2v) is 11.0. The minimum absolute atomic E-state index is 0.0528. The Labute approximate surface area is 241 Å². The molecule has 0 bridgehead atoms. The third-order valence-corrected chi connectivity index (χ3v) is 7.07. The van der Waals surface area contributed by atoms with Gasteiger partial charge in [-0.05, 0) is 67.9 Å². The Morgan fingerprint density at radius 2 is 1.71 bits per heavy atom. The summed E-state index contributed by atoms with van der Waals surface area (Å²) >= 11 is 0. The lowest BCUT2D eigenvalue weighted by molar-refractivity contribution is -0.133. The van der Waals surface area contributed by atoms with Crippen LogP contribution in [-0.2, 0) is 27.2 Å². The van der Waals surface area contributed by atoms with Crippen molar-refractivity contribution in [1.29, 1.82) is 0 Å². The van der Waals surface area contributed by atoms with E-state index in [0.717, 1.165) is 17.7 Å². The van der Waals surface area contributed by atoms with Gasteiger partial charge in [0.1, 0.15) is 24.4 Å². The number of hydrogen-bond acceptors (Lipinski definition) is 5. The van der Waals surface area contributed by atoms with E-state index in [1.165, 1.54) is 6.07 Å². The number of aryl methyl sites for hydroxylation is 1. The number of hydrogen-bond donors (Lipinski definition) is 4. The highest BCUT2D eigenvalue weighted by Gasteiger charge is 2.31. The third-order valence-electron chi connectivity index (χ3n) is 7.07. The van der Waals surface area contributed by atoms with Gasteiger partial charge >= 0.3 is 0 Å². The van der Waals surface area contributed by atoms with E-state index in [4.69, 9.17) is 4.74 Å². The maximum absolute atomic E-state index is 14.0. The van der Waals surface area contributed by atoms with Crippen LogP contribution in [0.4, 0.5) is 8.78 Å². The molecule has 0 fully saturated rings. The van der Waals surface area contributed by atoms with Gasteiger partial charge in [-0.1, -0.05) is 51.5 Å². The molecule has 2 aromatic rings. The zero-order chi connectivity index (χ0) is 29.9. The Balaban J connectivity index is 1.91. The second kappa shape index (κ2) is 15.5. The summed E-state index contributed by atoms with van der Waals surface area (Å²) in [6.45, 7) is 8.08. The van der Waals surface area contributed by atoms with Gasteiger partial charge in [0.05, 0.1) is 6.04 Å². The molecule has 4 atom stereocenters. The summed E-state index contributed by atoms with van der Waals surface area (Å²) in [7, 11) is 0. The highest BCUT2D eigenvalue weighted by molar-refractivity contribution is 5.93. The Bertz CT molecular complexity index is 1190. The van der Waals surface area contributed by atoms with Crippen molar-refractivity contribution in [3.63, 3.8) is 0 Å². The molecule has 10 heteroatoms. The van der Waals surface area contributed by atoms with E-state index >= 15 is 0 Å². The zero-order valence-electron chi connectivity index (χ0n) is 24.3. The summed E-state index contributed by atoms with van der Waals surface area (Å²) in [6, 6.07) is 8.34. The molecule has 0 aromatic heterocycles. The Kier molecular flexibility index (Phi) is 12.1. The highest BCUT2D eigenvalue weighted by atomic mass is 19.2. The van der Waals surface area contributed by atoms with Crippen LogP contribution in [0.1, 0.15) is 58.1 Å². The lowest BCUT2D eigenvalue weighted by Gasteiger charge is -2.29. The quantitative estimate of drug-likeness (QED) is 0.439. The molecule has 0 aliphatic carbocycles. The number of carbonyl (C=O) groups excluding carboxylic acids is 3. The molecule has 0 unspecified atom stereocenters. The Morgan fingerprint density at radius 3 is 2.41 bits per heavy atom. The molecule has 3 amide bonds. The molecular formula is C31H42F2N4O4. The summed E-state index contributed by atoms with van der Waals surface area (Å²) in [6.07, 6.45) is 2.55. The van der Waals surface area contributed by atoms with Crippen LogP contribution in [0.2, 0.25) is 0 Å². The largest absolute Gasteiger partial charge is 0.492 e. The van der Waals surface area contributed by atoms with Crippen LogP contribution in [0.15, 0.2) is 42.5 Å². The van der Waals surface area contributed by atoms with Gasteiger partial charge in [0, 0.05) is 12.6 Å². The Morgan fingerprint density at radius 1 is 0.951 bits per heavy atom. The van der Waals surface area contributed by atoms with Gasteiger partial charge in [0.25, 0.3) is 0 Å². The van der Waals surface area contributed by atoms with Crippen molar-refractivity contribution in [2.45, 2.75) is 84.0 Å². The van der Waals surface area contributed by atoms with Crippen molar-refractivity contribution >= 4 is 17.7 Å². The first-order valence-electron chi connectivity index (χ1n) is 14.4. The number of nitrogens with one attached hydrogen (secondary N) is 4. The lowest BCUT2D eigenvalue weighted by atomic mass is 9.99. The fourth-order valence-electron chi connectivity index (χ4n) is 4.81. The number of fused-ring (bicyclic) bond motifs is 1. The normalized spacial score (nSPS) is 23.3. The standard InChI is InChI=1S/C31H42F2N4O4/c1-5-9-25-29(38)34-15-8-11-22-10-6-7-12-27(22)41-18-20(4)35-26(17-21-13-14-23(32)24(33)16-21)30(39)37-28(19(2)3)31(40)36-25/h6-7,10,12-14,16,19-20,25-26,28,35H,5,8-9,11,15,17-18H2,1-4H3,(H,34,38)(H,36,40)(H,37,39)/t20-,25-,26+,28+/m0/s1. The first kappa shape index (κ1) is 32.0. The predicted molar refractivity (Wildman–Crippen MR) is 153 cm³/mol. The minimum Gasteiger partial charge on any atom is -0.492 e. The van der Waals surface area contributed by atoms with Gasteiger partial charge in [-0.3, -0.25) is 19.7 Å². The SMILES string of the molecule is CCC[C@@H]1NC(=O)[C@@H](C(C)C)NC(=O)[C@@H](Cc2ccc(F)c(F)c2)N[C@@H](C)COc2ccccc2CCCNC1=O. The monoisotopic (exact) mass is 572 g/mol. The second-order valence-electron chi connectivity index (χ2n) is 11.0. The van der Waals surface area contributed by atoms with Crippen LogP contribution < -0.4 is 26.0 Å². The molecule has 41 heavy (non-hydrogen) atoms. The smallest absolute Gasteiger partial charge is 0.243 e. The van der Waals surface area contributed by atoms with Crippen molar-refractivity contribution in [3.05, 3.63) is 65.2 Å². The van der Waals surface area contributed by atoms with E-state index in [0.29, 0.717) is 43.5 Å². The molecule has 0 spiro atoms. The average molecular weight is 573 g/mol. The fourth-order valence-corrected chi connectivity index (χ4v) is 4.81. The summed E-state index contributed by atoms with van der Waals surface area (Å²) in [5.74, 6) is -2.75. The number of carbonyl (C=O) groups is 3. The third kappa shape index (κ3) is 9.52. The fraction of sp³-hybridized carbons (Fsp3) is 0.516. The van der Waals surface area contributed by atoms with Crippen LogP contribution in [0.25, 0.3) is 0 Å². The van der Waals surface area contributed by atoms with Crippen LogP contribution in [-0.4, -0.2) is 55.0 Å². The first-order valence-corrected chi connectivity index (χ1v) is 14.4. The topological polar surface area (TPSA) is 109 Å². The number of halogens is 2. The molecule has 1 heterocycles. The van der Waals surface area contributed by atoms with E-state index < -0.39 is 41.6 Å². The molecule has 0 saturated heterocycles. The zero-order valence-corrected chi connectivity index (χ0v) is 24.3. The summed E-state index contributed by atoms with van der Waals surface area (Å²) in [5, 5.41) is 11.8. The van der Waals surface area contributed by atoms with Gasteiger partial charge < -0.3 is 20.7 Å². The van der Waals surface area contributed by atoms with E-state index in [2.05, 4.69) is 21.3 Å². The summed E-state index contributed by atoms with van der Waals surface area (Å²) in [4.78, 5) is 39.9. The van der Waals surface area contributed by atoms with E-state index in [1.54, 1.807) is 13.8 Å². The molecule has 8 nitrogen and oxygen atoms in total. The van der Waals surface area contributed by atoms with Crippen molar-refractivity contribution in [1.82, 2.24) is 21.3 Å². The highest BCUT2D eigenvalue weighted by Crippen LogP contribution is 2.20. The van der Waals surface area contributed by atoms with E-state index in [1.807, 2.05) is 38.1 Å². The van der Waals surface area contributed by atoms with E-state index in [9.17, 15) is 23.2 Å². The van der Waals surface area contributed by atoms with Gasteiger partial charge in [-0.25, -0.2) is 8.78 Å². The van der Waals surface area contributed by atoms with Gasteiger partial charge in [-0.2, -0.15) is 0 Å². The molecule has 224 valence electrons. The van der Waals surface area contributed by atoms with Gasteiger partial charge in [-0.15, -0.1) is 0 Å². The number of ether oxygens (including phenoxy) is 1. The maximum atomic E-state index is 14.0. The molecular weight excluding hydrogens is 530 g/mol. The van der Waals surface area contributed by atoms with Gasteiger partial charge in [0.2, 0.25) is 17.7 Å². The summed E-state index contributed by atoms with van der Waals surface area (Å²) < 4.78 is 33.6. The van der Waals surface area contributed by atoms with Gasteiger partial charge in [0.15, 0.2) is 11.6 Å². The maximum Gasteiger partial charge on any atom is 0.243 e. The van der Waals surface area contributed by atoms with Crippen LogP contribution >= 0.6 is 0 Å². The molecule has 0 radical (unpaired) electrons. The minimum atomic E-state index is -1.00. The number of rotatable bonds is 5. The first-order chi connectivity index (χ1) is 19.6.